The number of carbonyl (C=O) groups excluding carboxylic acids is 1. The van der Waals surface area contributed by atoms with Crippen molar-refractivity contribution in [3.63, 3.8) is 0 Å². The number of amides is 1. The molecule has 0 aliphatic heterocycles. The summed E-state index contributed by atoms with van der Waals surface area (Å²) in [6.07, 6.45) is 0. The van der Waals surface area contributed by atoms with E-state index >= 15 is 0 Å². The minimum atomic E-state index is -0.0506. The summed E-state index contributed by atoms with van der Waals surface area (Å²) in [5.41, 5.74) is 1.50. The van der Waals surface area contributed by atoms with Crippen LogP contribution in [0, 0.1) is 3.57 Å². The van der Waals surface area contributed by atoms with Crippen LogP contribution in [-0.2, 0) is 6.54 Å². The van der Waals surface area contributed by atoms with Gasteiger partial charge in [0.25, 0.3) is 5.91 Å². The molecule has 0 aromatic heterocycles. The molecule has 1 amide bonds. The molecule has 0 spiro atoms. The van der Waals surface area contributed by atoms with E-state index in [0.29, 0.717) is 29.4 Å². The van der Waals surface area contributed by atoms with Crippen molar-refractivity contribution >= 4 is 28.5 Å². The average molecular weight is 441 g/mol. The summed E-state index contributed by atoms with van der Waals surface area (Å²) >= 11 is 2.19. The van der Waals surface area contributed by atoms with Gasteiger partial charge in [-0.1, -0.05) is 6.07 Å². The first kappa shape index (κ1) is 18.4. The van der Waals surface area contributed by atoms with E-state index in [1.54, 1.807) is 39.3 Å². The number of benzene rings is 2. The molecule has 2 aromatic rings. The normalized spacial score (nSPS) is 10.2. The van der Waals surface area contributed by atoms with Gasteiger partial charge in [-0.25, -0.2) is 0 Å². The maximum absolute atomic E-state index is 12.6. The third-order valence-corrected chi connectivity index (χ3v) is 4.28. The second kappa shape index (κ2) is 8.23. The Morgan fingerprint density at radius 2 is 1.75 bits per heavy atom. The number of methoxy groups -OCH3 is 3. The second-order valence-electron chi connectivity index (χ2n) is 5.17. The zero-order valence-corrected chi connectivity index (χ0v) is 16.3. The lowest BCUT2D eigenvalue weighted by Gasteiger charge is -2.21. The molecule has 0 unspecified atom stereocenters. The largest absolute Gasteiger partial charge is 0.493 e. The van der Waals surface area contributed by atoms with E-state index in [0.717, 1.165) is 9.13 Å². The fourth-order valence-corrected chi connectivity index (χ4v) is 3.00. The molecule has 0 aliphatic carbocycles. The standard InChI is InChI=1S/C18H20INO4/c1-20(18(21)12-6-5-7-14(19)10-12)11-13-8-9-15(22-2)17(24-4)16(13)23-3/h5-10H,11H2,1-4H3. The lowest BCUT2D eigenvalue weighted by Crippen LogP contribution is -2.26. The van der Waals surface area contributed by atoms with E-state index in [1.807, 2.05) is 30.3 Å². The number of hydrogen-bond donors (Lipinski definition) is 0. The van der Waals surface area contributed by atoms with Crippen LogP contribution in [0.4, 0.5) is 0 Å². The van der Waals surface area contributed by atoms with Crippen LogP contribution in [0.5, 0.6) is 17.2 Å². The van der Waals surface area contributed by atoms with Crippen LogP contribution in [0.1, 0.15) is 15.9 Å². The van der Waals surface area contributed by atoms with Gasteiger partial charge in [0.15, 0.2) is 11.5 Å². The summed E-state index contributed by atoms with van der Waals surface area (Å²) in [4.78, 5) is 14.3. The van der Waals surface area contributed by atoms with E-state index in [1.165, 1.54) is 0 Å². The Kier molecular flexibility index (Phi) is 6.30. The first-order valence-electron chi connectivity index (χ1n) is 7.30. The number of hydrogen-bond acceptors (Lipinski definition) is 4. The van der Waals surface area contributed by atoms with Gasteiger partial charge in [-0.05, 0) is 52.9 Å². The molecular weight excluding hydrogens is 421 g/mol. The molecule has 0 fully saturated rings. The zero-order valence-electron chi connectivity index (χ0n) is 14.1. The maximum atomic E-state index is 12.6. The number of halogens is 1. The van der Waals surface area contributed by atoms with Crippen LogP contribution in [0.25, 0.3) is 0 Å². The van der Waals surface area contributed by atoms with E-state index < -0.39 is 0 Å². The Labute approximate surface area is 155 Å². The van der Waals surface area contributed by atoms with Gasteiger partial charge in [0, 0.05) is 28.3 Å². The van der Waals surface area contributed by atoms with E-state index in [2.05, 4.69) is 22.6 Å². The monoisotopic (exact) mass is 441 g/mol. The molecule has 24 heavy (non-hydrogen) atoms. The lowest BCUT2D eigenvalue weighted by molar-refractivity contribution is 0.0784. The smallest absolute Gasteiger partial charge is 0.253 e. The fourth-order valence-electron chi connectivity index (χ4n) is 2.46. The molecule has 0 heterocycles. The highest BCUT2D eigenvalue weighted by molar-refractivity contribution is 14.1. The van der Waals surface area contributed by atoms with Crippen molar-refractivity contribution in [2.45, 2.75) is 6.54 Å². The Morgan fingerprint density at radius 1 is 1.04 bits per heavy atom. The van der Waals surface area contributed by atoms with Crippen LogP contribution in [-0.4, -0.2) is 39.2 Å². The molecule has 2 rings (SSSR count). The van der Waals surface area contributed by atoms with Gasteiger partial charge in [-0.3, -0.25) is 4.79 Å². The number of carbonyl (C=O) groups is 1. The Bertz CT molecular complexity index is 733. The van der Waals surface area contributed by atoms with Gasteiger partial charge in [-0.2, -0.15) is 0 Å². The van der Waals surface area contributed by atoms with Crippen molar-refractivity contribution in [3.8, 4) is 17.2 Å². The van der Waals surface area contributed by atoms with Gasteiger partial charge in [0.1, 0.15) is 0 Å². The molecule has 6 heteroatoms. The van der Waals surface area contributed by atoms with Gasteiger partial charge in [-0.15, -0.1) is 0 Å². The predicted octanol–water partition coefficient (Wildman–Crippen LogP) is 3.59. The van der Waals surface area contributed by atoms with E-state index in [4.69, 9.17) is 14.2 Å². The van der Waals surface area contributed by atoms with E-state index in [9.17, 15) is 4.79 Å². The van der Waals surface area contributed by atoms with Gasteiger partial charge in [0.2, 0.25) is 5.75 Å². The highest BCUT2D eigenvalue weighted by Gasteiger charge is 2.19. The SMILES string of the molecule is COc1ccc(CN(C)C(=O)c2cccc(I)c2)c(OC)c1OC. The third-order valence-electron chi connectivity index (χ3n) is 3.61. The molecule has 0 atom stereocenters. The molecule has 128 valence electrons. The molecule has 5 nitrogen and oxygen atoms in total. The number of nitrogens with zero attached hydrogens (tertiary/aromatic N) is 1. The summed E-state index contributed by atoms with van der Waals surface area (Å²) in [6, 6.07) is 11.2. The number of ether oxygens (including phenoxy) is 3. The maximum Gasteiger partial charge on any atom is 0.253 e. The summed E-state index contributed by atoms with van der Waals surface area (Å²) in [6.45, 7) is 0.397. The third kappa shape index (κ3) is 3.92. The van der Waals surface area contributed by atoms with Crippen molar-refractivity contribution in [1.82, 2.24) is 4.90 Å². The van der Waals surface area contributed by atoms with Crippen molar-refractivity contribution < 1.29 is 19.0 Å². The number of rotatable bonds is 6. The van der Waals surface area contributed by atoms with Crippen molar-refractivity contribution in [2.75, 3.05) is 28.4 Å². The fraction of sp³-hybridized carbons (Fsp3) is 0.278. The molecule has 0 aliphatic rings. The van der Waals surface area contributed by atoms with Crippen LogP contribution in [0.2, 0.25) is 0 Å². The van der Waals surface area contributed by atoms with Crippen molar-refractivity contribution in [2.24, 2.45) is 0 Å². The molecule has 0 saturated heterocycles. The van der Waals surface area contributed by atoms with Gasteiger partial charge in [0.05, 0.1) is 21.3 Å². The minimum Gasteiger partial charge on any atom is -0.493 e. The topological polar surface area (TPSA) is 48.0 Å². The molecular formula is C18H20INO4. The summed E-state index contributed by atoms with van der Waals surface area (Å²) in [7, 11) is 6.47. The summed E-state index contributed by atoms with van der Waals surface area (Å²) in [5, 5.41) is 0. The molecule has 0 radical (unpaired) electrons. The highest BCUT2D eigenvalue weighted by atomic mass is 127. The summed E-state index contributed by atoms with van der Waals surface area (Å²) < 4.78 is 17.2. The van der Waals surface area contributed by atoms with Crippen molar-refractivity contribution in [3.05, 3.63) is 51.1 Å². The summed E-state index contributed by atoms with van der Waals surface area (Å²) in [5.74, 6) is 1.63. The first-order chi connectivity index (χ1) is 11.5. The Hall–Kier alpha value is -1.96. The quantitative estimate of drug-likeness (QED) is 0.644. The van der Waals surface area contributed by atoms with Gasteiger partial charge < -0.3 is 19.1 Å². The Balaban J connectivity index is 2.28. The molecule has 0 saturated carbocycles. The van der Waals surface area contributed by atoms with Crippen molar-refractivity contribution in [1.29, 1.82) is 0 Å². The average Bonchev–Trinajstić information content (AvgIpc) is 2.60. The van der Waals surface area contributed by atoms with Crippen LogP contribution in [0.15, 0.2) is 36.4 Å². The predicted molar refractivity (Wildman–Crippen MR) is 101 cm³/mol. The van der Waals surface area contributed by atoms with Crippen LogP contribution in [0.3, 0.4) is 0 Å². The molecule has 2 aromatic carbocycles. The minimum absolute atomic E-state index is 0.0506. The second-order valence-corrected chi connectivity index (χ2v) is 6.41. The van der Waals surface area contributed by atoms with Gasteiger partial charge >= 0.3 is 0 Å². The molecule has 0 N–H and O–H groups in total. The lowest BCUT2D eigenvalue weighted by atomic mass is 10.1. The van der Waals surface area contributed by atoms with Crippen LogP contribution < -0.4 is 14.2 Å². The van der Waals surface area contributed by atoms with E-state index in [-0.39, 0.29) is 5.91 Å². The highest BCUT2D eigenvalue weighted by Crippen LogP contribution is 2.40. The first-order valence-corrected chi connectivity index (χ1v) is 8.38. The Morgan fingerprint density at radius 3 is 2.33 bits per heavy atom. The van der Waals surface area contributed by atoms with Crippen LogP contribution >= 0.6 is 22.6 Å². The molecule has 0 bridgehead atoms. The zero-order chi connectivity index (χ0) is 17.7.